The van der Waals surface area contributed by atoms with E-state index in [1.165, 1.54) is 5.56 Å². The Labute approximate surface area is 129 Å². The molecule has 2 aromatic carbocycles. The molecule has 0 amide bonds. The first-order valence-corrected chi connectivity index (χ1v) is 7.16. The van der Waals surface area contributed by atoms with Crippen molar-refractivity contribution in [2.75, 3.05) is 5.43 Å². The minimum absolute atomic E-state index is 0.508. The number of halogens is 2. The second-order valence-electron chi connectivity index (χ2n) is 4.82. The lowest BCUT2D eigenvalue weighted by atomic mass is 10.0. The van der Waals surface area contributed by atoms with Crippen molar-refractivity contribution in [3.05, 3.63) is 63.6 Å². The molecule has 0 heterocycles. The van der Waals surface area contributed by atoms with E-state index >= 15 is 0 Å². The Morgan fingerprint density at radius 1 is 1.00 bits per heavy atom. The van der Waals surface area contributed by atoms with Crippen LogP contribution in [0.3, 0.4) is 0 Å². The number of nitrogens with zero attached hydrogens (tertiary/aromatic N) is 1. The van der Waals surface area contributed by atoms with Crippen molar-refractivity contribution in [3.63, 3.8) is 0 Å². The summed E-state index contributed by atoms with van der Waals surface area (Å²) in [4.78, 5) is 0. The number of hydrogen-bond acceptors (Lipinski definition) is 2. The summed E-state index contributed by atoms with van der Waals surface area (Å²) in [5.41, 5.74) is 6.09. The molecule has 0 unspecified atom stereocenters. The van der Waals surface area contributed by atoms with Gasteiger partial charge in [0.05, 0.1) is 21.9 Å². The van der Waals surface area contributed by atoms with E-state index in [2.05, 4.69) is 48.6 Å². The van der Waals surface area contributed by atoms with E-state index in [1.807, 2.05) is 6.07 Å². The van der Waals surface area contributed by atoms with Crippen molar-refractivity contribution < 1.29 is 0 Å². The van der Waals surface area contributed by atoms with Crippen LogP contribution in [-0.2, 0) is 0 Å². The second kappa shape index (κ2) is 6.78. The highest BCUT2D eigenvalue weighted by atomic mass is 35.5. The molecule has 0 aliphatic heterocycles. The molecular weight excluding hydrogens is 291 g/mol. The molecular formula is C16H16Cl2N2. The Morgan fingerprint density at radius 2 is 1.70 bits per heavy atom. The summed E-state index contributed by atoms with van der Waals surface area (Å²) >= 11 is 11.8. The van der Waals surface area contributed by atoms with Crippen LogP contribution in [0, 0.1) is 0 Å². The molecule has 2 nitrogen and oxygen atoms in total. The number of hydrogen-bond donors (Lipinski definition) is 1. The first kappa shape index (κ1) is 14.9. The summed E-state index contributed by atoms with van der Waals surface area (Å²) in [5, 5.41) is 5.22. The Hall–Kier alpha value is -1.51. The van der Waals surface area contributed by atoms with Crippen LogP contribution in [0.1, 0.15) is 30.9 Å². The molecule has 0 fully saturated rings. The number of rotatable bonds is 4. The van der Waals surface area contributed by atoms with E-state index in [4.69, 9.17) is 23.2 Å². The van der Waals surface area contributed by atoms with Crippen LogP contribution in [0.15, 0.2) is 47.6 Å². The maximum Gasteiger partial charge on any atom is 0.0613 e. The molecule has 0 aliphatic carbocycles. The van der Waals surface area contributed by atoms with E-state index in [0.29, 0.717) is 16.0 Å². The molecule has 0 bridgehead atoms. The molecule has 0 atom stereocenters. The van der Waals surface area contributed by atoms with Crippen LogP contribution in [-0.4, -0.2) is 6.21 Å². The molecule has 0 saturated heterocycles. The van der Waals surface area contributed by atoms with Gasteiger partial charge in [-0.1, -0.05) is 61.3 Å². The minimum Gasteiger partial charge on any atom is -0.278 e. The van der Waals surface area contributed by atoms with Gasteiger partial charge in [0.2, 0.25) is 0 Å². The zero-order valence-electron chi connectivity index (χ0n) is 11.4. The Bertz CT molecular complexity index is 604. The number of hydrazone groups is 1. The maximum absolute atomic E-state index is 5.93. The fourth-order valence-corrected chi connectivity index (χ4v) is 2.01. The van der Waals surface area contributed by atoms with Gasteiger partial charge in [-0.05, 0) is 35.2 Å². The lowest BCUT2D eigenvalue weighted by Crippen LogP contribution is -1.92. The lowest BCUT2D eigenvalue weighted by Gasteiger charge is -2.05. The fraction of sp³-hybridized carbons (Fsp3) is 0.188. The smallest absolute Gasteiger partial charge is 0.0613 e. The number of benzene rings is 2. The van der Waals surface area contributed by atoms with E-state index in [9.17, 15) is 0 Å². The SMILES string of the molecule is CC(C)c1ccc(C=NNc2ccc(Cl)c(Cl)c2)cc1. The predicted molar refractivity (Wildman–Crippen MR) is 88.2 cm³/mol. The van der Waals surface area contributed by atoms with E-state index in [1.54, 1.807) is 18.3 Å². The zero-order chi connectivity index (χ0) is 14.5. The van der Waals surface area contributed by atoms with E-state index in [0.717, 1.165) is 11.3 Å². The topological polar surface area (TPSA) is 24.4 Å². The van der Waals surface area contributed by atoms with Crippen LogP contribution in [0.4, 0.5) is 5.69 Å². The molecule has 0 radical (unpaired) electrons. The van der Waals surface area contributed by atoms with E-state index in [-0.39, 0.29) is 0 Å². The first-order chi connectivity index (χ1) is 9.56. The predicted octanol–water partition coefficient (Wildman–Crippen LogP) is 5.56. The van der Waals surface area contributed by atoms with Crippen LogP contribution in [0.25, 0.3) is 0 Å². The van der Waals surface area contributed by atoms with Gasteiger partial charge in [-0.25, -0.2) is 0 Å². The average molecular weight is 307 g/mol. The van der Waals surface area contributed by atoms with Crippen molar-refractivity contribution in [1.82, 2.24) is 0 Å². The highest BCUT2D eigenvalue weighted by Crippen LogP contribution is 2.24. The third kappa shape index (κ3) is 3.99. The number of anilines is 1. The Balaban J connectivity index is 2.00. The van der Waals surface area contributed by atoms with Crippen LogP contribution in [0.5, 0.6) is 0 Å². The summed E-state index contributed by atoms with van der Waals surface area (Å²) in [7, 11) is 0. The van der Waals surface area contributed by atoms with Gasteiger partial charge in [-0.3, -0.25) is 5.43 Å². The lowest BCUT2D eigenvalue weighted by molar-refractivity contribution is 0.866. The molecule has 104 valence electrons. The van der Waals surface area contributed by atoms with Gasteiger partial charge >= 0.3 is 0 Å². The van der Waals surface area contributed by atoms with Gasteiger partial charge in [0.15, 0.2) is 0 Å². The molecule has 1 N–H and O–H groups in total. The molecule has 0 aliphatic rings. The van der Waals surface area contributed by atoms with Gasteiger partial charge in [0.25, 0.3) is 0 Å². The van der Waals surface area contributed by atoms with Crippen LogP contribution in [0.2, 0.25) is 10.0 Å². The van der Waals surface area contributed by atoms with Crippen LogP contribution < -0.4 is 5.43 Å². The quantitative estimate of drug-likeness (QED) is 0.580. The Morgan fingerprint density at radius 3 is 2.30 bits per heavy atom. The molecule has 2 aromatic rings. The first-order valence-electron chi connectivity index (χ1n) is 6.40. The standard InChI is InChI=1S/C16H16Cl2N2/c1-11(2)13-5-3-12(4-6-13)10-19-20-14-7-8-15(17)16(18)9-14/h3-11,20H,1-2H3. The summed E-state index contributed by atoms with van der Waals surface area (Å²) in [6, 6.07) is 13.6. The summed E-state index contributed by atoms with van der Waals surface area (Å²) in [5.74, 6) is 0.537. The van der Waals surface area contributed by atoms with Crippen molar-refractivity contribution >= 4 is 35.1 Å². The van der Waals surface area contributed by atoms with Crippen molar-refractivity contribution in [3.8, 4) is 0 Å². The largest absolute Gasteiger partial charge is 0.278 e. The second-order valence-corrected chi connectivity index (χ2v) is 5.63. The highest BCUT2D eigenvalue weighted by molar-refractivity contribution is 6.42. The maximum atomic E-state index is 5.93. The van der Waals surface area contributed by atoms with Gasteiger partial charge in [0.1, 0.15) is 0 Å². The molecule has 0 saturated carbocycles. The van der Waals surface area contributed by atoms with Gasteiger partial charge in [0, 0.05) is 0 Å². The van der Waals surface area contributed by atoms with Gasteiger partial charge in [-0.2, -0.15) is 5.10 Å². The highest BCUT2D eigenvalue weighted by Gasteiger charge is 1.99. The molecule has 4 heteroatoms. The average Bonchev–Trinajstić information content (AvgIpc) is 2.43. The molecule has 2 rings (SSSR count). The monoisotopic (exact) mass is 306 g/mol. The summed E-state index contributed by atoms with van der Waals surface area (Å²) in [6.45, 7) is 4.35. The van der Waals surface area contributed by atoms with Gasteiger partial charge < -0.3 is 0 Å². The molecule has 0 spiro atoms. The van der Waals surface area contributed by atoms with Crippen molar-refractivity contribution in [1.29, 1.82) is 0 Å². The zero-order valence-corrected chi connectivity index (χ0v) is 12.9. The van der Waals surface area contributed by atoms with E-state index < -0.39 is 0 Å². The third-order valence-corrected chi connectivity index (χ3v) is 3.67. The van der Waals surface area contributed by atoms with Crippen molar-refractivity contribution in [2.24, 2.45) is 5.10 Å². The Kier molecular flexibility index (Phi) is 5.05. The normalized spacial score (nSPS) is 11.2. The van der Waals surface area contributed by atoms with Crippen molar-refractivity contribution in [2.45, 2.75) is 19.8 Å². The third-order valence-electron chi connectivity index (χ3n) is 2.93. The minimum atomic E-state index is 0.508. The fourth-order valence-electron chi connectivity index (χ4n) is 1.71. The van der Waals surface area contributed by atoms with Gasteiger partial charge in [-0.15, -0.1) is 0 Å². The summed E-state index contributed by atoms with van der Waals surface area (Å²) in [6.07, 6.45) is 1.77. The molecule has 20 heavy (non-hydrogen) atoms. The number of nitrogens with one attached hydrogen (secondary N) is 1. The van der Waals surface area contributed by atoms with Crippen LogP contribution >= 0.6 is 23.2 Å². The summed E-state index contributed by atoms with van der Waals surface area (Å²) < 4.78 is 0. The molecule has 0 aromatic heterocycles.